The van der Waals surface area contributed by atoms with Crippen molar-refractivity contribution in [1.29, 1.82) is 0 Å². The lowest BCUT2D eigenvalue weighted by Gasteiger charge is -2.12. The largest absolute Gasteiger partial charge is 0.411 e. The van der Waals surface area contributed by atoms with E-state index in [4.69, 9.17) is 0 Å². The number of nitrogens with one attached hydrogen (secondary N) is 1. The number of ether oxygens (including phenoxy) is 1. The number of hydrogen-bond acceptors (Lipinski definition) is 2. The Balaban J connectivity index is 3.22. The first-order valence-electron chi connectivity index (χ1n) is 6.31. The molecule has 0 saturated carbocycles. The van der Waals surface area contributed by atoms with E-state index in [9.17, 15) is 13.2 Å². The second kappa shape index (κ2) is 9.71. The molecule has 0 aromatic rings. The minimum absolute atomic E-state index is 0.203. The minimum Gasteiger partial charge on any atom is -0.372 e. The van der Waals surface area contributed by atoms with Crippen LogP contribution in [0.15, 0.2) is 0 Å². The molecule has 0 amide bonds. The second-order valence-electron chi connectivity index (χ2n) is 4.47. The topological polar surface area (TPSA) is 21.3 Å². The first-order valence-corrected chi connectivity index (χ1v) is 6.31. The van der Waals surface area contributed by atoms with Crippen LogP contribution < -0.4 is 5.32 Å². The zero-order valence-electron chi connectivity index (χ0n) is 10.8. The summed E-state index contributed by atoms with van der Waals surface area (Å²) in [4.78, 5) is 0. The van der Waals surface area contributed by atoms with Crippen LogP contribution in [0, 0.1) is 5.92 Å². The molecule has 0 spiro atoms. The predicted molar refractivity (Wildman–Crippen MR) is 63.0 cm³/mol. The van der Waals surface area contributed by atoms with Crippen LogP contribution in [0.1, 0.15) is 39.5 Å². The molecule has 2 nitrogen and oxygen atoms in total. The Bertz CT molecular complexity index is 174. The molecule has 0 aliphatic heterocycles. The fourth-order valence-electron chi connectivity index (χ4n) is 1.51. The van der Waals surface area contributed by atoms with Crippen LogP contribution in [0.5, 0.6) is 0 Å². The molecule has 17 heavy (non-hydrogen) atoms. The van der Waals surface area contributed by atoms with Gasteiger partial charge in [0.2, 0.25) is 0 Å². The summed E-state index contributed by atoms with van der Waals surface area (Å²) in [7, 11) is 0. The van der Waals surface area contributed by atoms with Gasteiger partial charge in [0.05, 0.1) is 0 Å². The Labute approximate surface area is 102 Å². The van der Waals surface area contributed by atoms with Gasteiger partial charge < -0.3 is 10.1 Å². The third-order valence-electron chi connectivity index (χ3n) is 2.42. The van der Waals surface area contributed by atoms with Gasteiger partial charge in [-0.2, -0.15) is 13.2 Å². The van der Waals surface area contributed by atoms with E-state index in [1.807, 2.05) is 0 Å². The molecular formula is C12H24F3NO. The summed E-state index contributed by atoms with van der Waals surface area (Å²) >= 11 is 0. The van der Waals surface area contributed by atoms with Gasteiger partial charge >= 0.3 is 6.18 Å². The zero-order valence-corrected chi connectivity index (χ0v) is 10.8. The van der Waals surface area contributed by atoms with Crippen molar-refractivity contribution >= 4 is 0 Å². The molecule has 1 unspecified atom stereocenters. The van der Waals surface area contributed by atoms with Crippen molar-refractivity contribution in [2.45, 2.75) is 45.7 Å². The molecule has 0 aliphatic rings. The minimum atomic E-state index is -4.20. The van der Waals surface area contributed by atoms with Gasteiger partial charge in [0, 0.05) is 6.61 Å². The van der Waals surface area contributed by atoms with Crippen molar-refractivity contribution in [3.05, 3.63) is 0 Å². The molecule has 5 heteroatoms. The standard InChI is InChI=1S/C12H24F3NO/c1-3-7-16-9-11(2)6-4-5-8-17-10-12(13,14)15/h11,16H,3-10H2,1-2H3. The van der Waals surface area contributed by atoms with E-state index >= 15 is 0 Å². The highest BCUT2D eigenvalue weighted by molar-refractivity contribution is 4.57. The fraction of sp³-hybridized carbons (Fsp3) is 1.00. The normalized spacial score (nSPS) is 13.9. The number of hydrogen-bond donors (Lipinski definition) is 1. The van der Waals surface area contributed by atoms with Gasteiger partial charge in [0.25, 0.3) is 0 Å². The molecule has 0 aliphatic carbocycles. The first kappa shape index (κ1) is 16.7. The van der Waals surface area contributed by atoms with Crippen LogP contribution in [0.3, 0.4) is 0 Å². The van der Waals surface area contributed by atoms with Gasteiger partial charge in [-0.3, -0.25) is 0 Å². The summed E-state index contributed by atoms with van der Waals surface area (Å²) < 4.78 is 39.7. The maximum Gasteiger partial charge on any atom is 0.411 e. The van der Waals surface area contributed by atoms with Crippen LogP contribution in [0.2, 0.25) is 0 Å². The number of rotatable bonds is 10. The van der Waals surface area contributed by atoms with Crippen molar-refractivity contribution in [2.75, 3.05) is 26.3 Å². The molecule has 1 N–H and O–H groups in total. The van der Waals surface area contributed by atoms with Gasteiger partial charge in [-0.15, -0.1) is 0 Å². The van der Waals surface area contributed by atoms with Crippen LogP contribution in [-0.2, 0) is 4.74 Å². The highest BCUT2D eigenvalue weighted by Crippen LogP contribution is 2.15. The van der Waals surface area contributed by atoms with Crippen LogP contribution in [0.4, 0.5) is 13.2 Å². The van der Waals surface area contributed by atoms with E-state index < -0.39 is 12.8 Å². The van der Waals surface area contributed by atoms with Crippen molar-refractivity contribution in [1.82, 2.24) is 5.32 Å². The molecule has 0 bridgehead atoms. The molecule has 0 saturated heterocycles. The van der Waals surface area contributed by atoms with Crippen molar-refractivity contribution in [3.8, 4) is 0 Å². The molecule has 104 valence electrons. The quantitative estimate of drug-likeness (QED) is 0.604. The fourth-order valence-corrected chi connectivity index (χ4v) is 1.51. The van der Waals surface area contributed by atoms with Crippen molar-refractivity contribution < 1.29 is 17.9 Å². The van der Waals surface area contributed by atoms with E-state index in [0.717, 1.165) is 32.4 Å². The zero-order chi connectivity index (χ0) is 13.1. The summed E-state index contributed by atoms with van der Waals surface area (Å²) in [6.45, 7) is 5.36. The summed E-state index contributed by atoms with van der Waals surface area (Å²) in [6.07, 6.45) is -0.414. The van der Waals surface area contributed by atoms with E-state index in [1.165, 1.54) is 0 Å². The van der Waals surface area contributed by atoms with Crippen molar-refractivity contribution in [2.24, 2.45) is 5.92 Å². The maximum atomic E-state index is 11.7. The highest BCUT2D eigenvalue weighted by atomic mass is 19.4. The van der Waals surface area contributed by atoms with Gasteiger partial charge in [0.15, 0.2) is 0 Å². The molecule has 0 fully saturated rings. The van der Waals surface area contributed by atoms with Crippen molar-refractivity contribution in [3.63, 3.8) is 0 Å². The van der Waals surface area contributed by atoms with Gasteiger partial charge in [-0.1, -0.05) is 20.3 Å². The number of alkyl halides is 3. The van der Waals surface area contributed by atoms with E-state index in [-0.39, 0.29) is 6.61 Å². The molecule has 0 rings (SSSR count). The number of halogens is 3. The first-order chi connectivity index (χ1) is 7.95. The molecular weight excluding hydrogens is 231 g/mol. The Kier molecular flexibility index (Phi) is 9.55. The van der Waals surface area contributed by atoms with Gasteiger partial charge in [-0.25, -0.2) is 0 Å². The lowest BCUT2D eigenvalue weighted by Crippen LogP contribution is -2.22. The van der Waals surface area contributed by atoms with Crippen LogP contribution in [0.25, 0.3) is 0 Å². The lowest BCUT2D eigenvalue weighted by atomic mass is 10.0. The van der Waals surface area contributed by atoms with E-state index in [1.54, 1.807) is 0 Å². The molecule has 1 atom stereocenters. The van der Waals surface area contributed by atoms with Crippen LogP contribution >= 0.6 is 0 Å². The summed E-state index contributed by atoms with van der Waals surface area (Å²) in [5, 5.41) is 3.33. The Morgan fingerprint density at radius 1 is 1.24 bits per heavy atom. The maximum absolute atomic E-state index is 11.7. The second-order valence-corrected chi connectivity index (χ2v) is 4.47. The average molecular weight is 255 g/mol. The highest BCUT2D eigenvalue weighted by Gasteiger charge is 2.27. The molecule has 0 aromatic carbocycles. The third-order valence-corrected chi connectivity index (χ3v) is 2.42. The molecule has 0 aromatic heterocycles. The Morgan fingerprint density at radius 2 is 1.94 bits per heavy atom. The summed E-state index contributed by atoms with van der Waals surface area (Å²) in [6, 6.07) is 0. The summed E-state index contributed by atoms with van der Waals surface area (Å²) in [5.41, 5.74) is 0. The predicted octanol–water partition coefficient (Wildman–Crippen LogP) is 3.37. The van der Waals surface area contributed by atoms with Crippen LogP contribution in [-0.4, -0.2) is 32.5 Å². The molecule has 0 heterocycles. The Hall–Kier alpha value is -0.290. The van der Waals surface area contributed by atoms with E-state index in [0.29, 0.717) is 12.3 Å². The Morgan fingerprint density at radius 3 is 2.53 bits per heavy atom. The van der Waals surface area contributed by atoms with Gasteiger partial charge in [0.1, 0.15) is 6.61 Å². The van der Waals surface area contributed by atoms with Gasteiger partial charge in [-0.05, 0) is 38.3 Å². The molecule has 0 radical (unpaired) electrons. The summed E-state index contributed by atoms with van der Waals surface area (Å²) in [5.74, 6) is 0.573. The lowest BCUT2D eigenvalue weighted by molar-refractivity contribution is -0.174. The smallest absolute Gasteiger partial charge is 0.372 e. The third kappa shape index (κ3) is 13.6. The SMILES string of the molecule is CCCNCC(C)CCCCOCC(F)(F)F. The average Bonchev–Trinajstić information content (AvgIpc) is 2.22. The van der Waals surface area contributed by atoms with E-state index in [2.05, 4.69) is 23.9 Å². The monoisotopic (exact) mass is 255 g/mol. The number of unbranched alkanes of at least 4 members (excludes halogenated alkanes) is 1.